The van der Waals surface area contributed by atoms with Crippen molar-refractivity contribution in [1.82, 2.24) is 4.90 Å². The molecule has 1 aliphatic heterocycles. The molecule has 1 saturated heterocycles. The maximum atomic E-state index is 11.9. The van der Waals surface area contributed by atoms with Crippen LogP contribution in [0.4, 0.5) is 0 Å². The summed E-state index contributed by atoms with van der Waals surface area (Å²) in [4.78, 5) is 14.2. The van der Waals surface area contributed by atoms with E-state index in [-0.39, 0.29) is 5.41 Å². The van der Waals surface area contributed by atoms with Gasteiger partial charge < -0.3 is 9.64 Å². The fraction of sp³-hybridized carbons (Fsp3) is 0.588. The van der Waals surface area contributed by atoms with E-state index in [9.17, 15) is 4.79 Å². The van der Waals surface area contributed by atoms with Crippen LogP contribution in [-0.4, -0.2) is 37.4 Å². The van der Waals surface area contributed by atoms with Gasteiger partial charge in [0.2, 0.25) is 0 Å². The molecule has 1 aromatic carbocycles. The highest BCUT2D eigenvalue weighted by atomic mass is 16.5. The average molecular weight is 273 g/mol. The number of carbonyl (C=O) groups is 1. The molecule has 1 saturated carbocycles. The van der Waals surface area contributed by atoms with Gasteiger partial charge >= 0.3 is 0 Å². The molecule has 20 heavy (non-hydrogen) atoms. The fourth-order valence-electron chi connectivity index (χ4n) is 4.05. The summed E-state index contributed by atoms with van der Waals surface area (Å²) < 4.78 is 5.49. The number of carbonyl (C=O) groups excluding carboxylic acids is 1. The summed E-state index contributed by atoms with van der Waals surface area (Å²) in [6, 6.07) is 6.93. The first-order valence-corrected chi connectivity index (χ1v) is 7.44. The maximum Gasteiger partial charge on any atom is 0.134 e. The molecule has 0 bridgehead atoms. The lowest BCUT2D eigenvalue weighted by atomic mass is 9.66. The second-order valence-electron chi connectivity index (χ2n) is 6.33. The van der Waals surface area contributed by atoms with Crippen molar-refractivity contribution in [3.8, 4) is 5.75 Å². The van der Waals surface area contributed by atoms with Crippen molar-refractivity contribution in [2.45, 2.75) is 44.1 Å². The van der Waals surface area contributed by atoms with E-state index in [1.807, 2.05) is 0 Å². The maximum absolute atomic E-state index is 11.9. The third kappa shape index (κ3) is 1.96. The lowest BCUT2D eigenvalue weighted by Crippen LogP contribution is -2.46. The minimum absolute atomic E-state index is 0.143. The van der Waals surface area contributed by atoms with Gasteiger partial charge in [-0.2, -0.15) is 0 Å². The zero-order valence-electron chi connectivity index (χ0n) is 12.6. The first kappa shape index (κ1) is 13.6. The monoisotopic (exact) mass is 273 g/mol. The standard InChI is InChI=1S/C17H23NO2/c1-12-4-5-13(10-15(12)20-3)17-7-6-14(19)11-16(17)18(2)9-8-17/h4-5,10,16H,6-9,11H2,1-3H3/t16-,17-/m0/s1. The summed E-state index contributed by atoms with van der Waals surface area (Å²) in [5.41, 5.74) is 2.66. The van der Waals surface area contributed by atoms with Crippen molar-refractivity contribution in [3.05, 3.63) is 29.3 Å². The van der Waals surface area contributed by atoms with Crippen LogP contribution >= 0.6 is 0 Å². The molecule has 0 aromatic heterocycles. The highest BCUT2D eigenvalue weighted by Crippen LogP contribution is 2.48. The molecule has 108 valence electrons. The Bertz CT molecular complexity index is 540. The highest BCUT2D eigenvalue weighted by molar-refractivity contribution is 5.81. The molecule has 0 spiro atoms. The number of methoxy groups -OCH3 is 1. The second-order valence-corrected chi connectivity index (χ2v) is 6.33. The van der Waals surface area contributed by atoms with Gasteiger partial charge in [0.25, 0.3) is 0 Å². The number of Topliss-reactive ketones (excluding diaryl/α,β-unsaturated/α-hetero) is 1. The first-order valence-electron chi connectivity index (χ1n) is 7.44. The van der Waals surface area contributed by atoms with Crippen molar-refractivity contribution < 1.29 is 9.53 Å². The van der Waals surface area contributed by atoms with Crippen LogP contribution in [0.25, 0.3) is 0 Å². The molecule has 3 nitrogen and oxygen atoms in total. The number of fused-ring (bicyclic) bond motifs is 1. The SMILES string of the molecule is COc1cc([C@@]23CCC(=O)C[C@@H]2N(C)CC3)ccc1C. The van der Waals surface area contributed by atoms with E-state index >= 15 is 0 Å². The van der Waals surface area contributed by atoms with Gasteiger partial charge in [0.15, 0.2) is 0 Å². The van der Waals surface area contributed by atoms with Gasteiger partial charge in [-0.25, -0.2) is 0 Å². The van der Waals surface area contributed by atoms with Crippen molar-refractivity contribution in [2.75, 3.05) is 20.7 Å². The predicted octanol–water partition coefficient (Wildman–Crippen LogP) is 2.70. The van der Waals surface area contributed by atoms with Crippen LogP contribution in [0.2, 0.25) is 0 Å². The molecule has 0 unspecified atom stereocenters. The molecule has 3 heteroatoms. The Hall–Kier alpha value is -1.35. The number of hydrogen-bond donors (Lipinski definition) is 0. The van der Waals surface area contributed by atoms with Crippen LogP contribution in [0, 0.1) is 6.92 Å². The van der Waals surface area contributed by atoms with E-state index in [1.54, 1.807) is 7.11 Å². The summed E-state index contributed by atoms with van der Waals surface area (Å²) in [6.07, 6.45) is 3.55. The topological polar surface area (TPSA) is 29.5 Å². The van der Waals surface area contributed by atoms with E-state index in [0.29, 0.717) is 18.2 Å². The van der Waals surface area contributed by atoms with E-state index in [0.717, 1.165) is 31.6 Å². The summed E-state index contributed by atoms with van der Waals surface area (Å²) in [6.45, 7) is 3.15. The molecule has 0 N–H and O–H groups in total. The molecule has 3 rings (SSSR count). The van der Waals surface area contributed by atoms with E-state index < -0.39 is 0 Å². The van der Waals surface area contributed by atoms with Crippen LogP contribution in [0.5, 0.6) is 5.75 Å². The van der Waals surface area contributed by atoms with Gasteiger partial charge in [0.1, 0.15) is 11.5 Å². The van der Waals surface area contributed by atoms with E-state index in [2.05, 4.69) is 37.1 Å². The lowest BCUT2D eigenvalue weighted by Gasteiger charge is -2.41. The Morgan fingerprint density at radius 1 is 1.35 bits per heavy atom. The largest absolute Gasteiger partial charge is 0.496 e. The molecule has 2 atom stereocenters. The molecular weight excluding hydrogens is 250 g/mol. The zero-order chi connectivity index (χ0) is 14.3. The van der Waals surface area contributed by atoms with Crippen molar-refractivity contribution in [2.24, 2.45) is 0 Å². The zero-order valence-corrected chi connectivity index (χ0v) is 12.6. The van der Waals surface area contributed by atoms with Crippen LogP contribution in [0.15, 0.2) is 18.2 Å². The third-order valence-corrected chi connectivity index (χ3v) is 5.33. The van der Waals surface area contributed by atoms with Gasteiger partial charge in [-0.15, -0.1) is 0 Å². The molecule has 1 heterocycles. The second kappa shape index (κ2) is 4.88. The molecular formula is C17H23NO2. The Balaban J connectivity index is 2.04. The van der Waals surface area contributed by atoms with Crippen LogP contribution in [-0.2, 0) is 10.2 Å². The first-order chi connectivity index (χ1) is 9.56. The number of likely N-dealkylation sites (N-methyl/N-ethyl adjacent to an activating group) is 1. The molecule has 1 aromatic rings. The predicted molar refractivity (Wildman–Crippen MR) is 79.3 cm³/mol. The number of likely N-dealkylation sites (tertiary alicyclic amines) is 1. The molecule has 1 aliphatic carbocycles. The quantitative estimate of drug-likeness (QED) is 0.829. The molecule has 0 radical (unpaired) electrons. The number of ketones is 1. The average Bonchev–Trinajstić information content (AvgIpc) is 2.78. The van der Waals surface area contributed by atoms with Crippen LogP contribution in [0.3, 0.4) is 0 Å². The summed E-state index contributed by atoms with van der Waals surface area (Å²) >= 11 is 0. The fourth-order valence-corrected chi connectivity index (χ4v) is 4.05. The number of ether oxygens (including phenoxy) is 1. The van der Waals surface area contributed by atoms with Crippen LogP contribution in [0.1, 0.15) is 36.8 Å². The van der Waals surface area contributed by atoms with E-state index in [1.165, 1.54) is 11.1 Å². The van der Waals surface area contributed by atoms with Gasteiger partial charge in [0.05, 0.1) is 7.11 Å². The third-order valence-electron chi connectivity index (χ3n) is 5.33. The van der Waals surface area contributed by atoms with E-state index in [4.69, 9.17) is 4.74 Å². The Kier molecular flexibility index (Phi) is 3.33. The highest BCUT2D eigenvalue weighted by Gasteiger charge is 2.50. The Morgan fingerprint density at radius 3 is 2.90 bits per heavy atom. The minimum Gasteiger partial charge on any atom is -0.496 e. The number of nitrogens with zero attached hydrogens (tertiary/aromatic N) is 1. The summed E-state index contributed by atoms with van der Waals surface area (Å²) in [5, 5.41) is 0. The van der Waals surface area contributed by atoms with Gasteiger partial charge in [0, 0.05) is 24.3 Å². The number of aryl methyl sites for hydroxylation is 1. The van der Waals surface area contributed by atoms with Crippen molar-refractivity contribution in [1.29, 1.82) is 0 Å². The molecule has 0 amide bonds. The Morgan fingerprint density at radius 2 is 2.15 bits per heavy atom. The Labute approximate surface area is 120 Å². The smallest absolute Gasteiger partial charge is 0.134 e. The minimum atomic E-state index is 0.143. The molecule has 2 aliphatic rings. The van der Waals surface area contributed by atoms with Crippen molar-refractivity contribution >= 4 is 5.78 Å². The normalized spacial score (nSPS) is 30.4. The van der Waals surface area contributed by atoms with Crippen molar-refractivity contribution in [3.63, 3.8) is 0 Å². The number of rotatable bonds is 2. The van der Waals surface area contributed by atoms with Crippen LogP contribution < -0.4 is 4.74 Å². The number of hydrogen-bond acceptors (Lipinski definition) is 3. The molecule has 2 fully saturated rings. The van der Waals surface area contributed by atoms with Gasteiger partial charge in [-0.1, -0.05) is 12.1 Å². The lowest BCUT2D eigenvalue weighted by molar-refractivity contribution is -0.122. The number of benzene rings is 1. The summed E-state index contributed by atoms with van der Waals surface area (Å²) in [5.74, 6) is 1.38. The summed E-state index contributed by atoms with van der Waals surface area (Å²) in [7, 11) is 3.88. The van der Waals surface area contributed by atoms with Gasteiger partial charge in [-0.3, -0.25) is 4.79 Å². The van der Waals surface area contributed by atoms with Gasteiger partial charge in [-0.05, 0) is 50.6 Å².